The van der Waals surface area contributed by atoms with E-state index in [-0.39, 0.29) is 35.0 Å². The summed E-state index contributed by atoms with van der Waals surface area (Å²) in [5.41, 5.74) is 0.910. The smallest absolute Gasteiger partial charge is 0.300 e. The van der Waals surface area contributed by atoms with Gasteiger partial charge in [0.1, 0.15) is 23.0 Å². The van der Waals surface area contributed by atoms with E-state index in [1.54, 1.807) is 61.5 Å². The number of aromatic hydroxyl groups is 1. The first kappa shape index (κ1) is 26.4. The molecular formula is C29H29NO8. The number of hydrogen-bond acceptors (Lipinski definition) is 8. The van der Waals surface area contributed by atoms with Crippen molar-refractivity contribution in [3.8, 4) is 28.7 Å². The number of benzene rings is 3. The zero-order valence-electron chi connectivity index (χ0n) is 21.6. The van der Waals surface area contributed by atoms with E-state index in [9.17, 15) is 19.8 Å². The van der Waals surface area contributed by atoms with E-state index in [4.69, 9.17) is 18.9 Å². The number of carbonyl (C=O) groups is 2. The van der Waals surface area contributed by atoms with Crippen molar-refractivity contribution in [2.24, 2.45) is 0 Å². The van der Waals surface area contributed by atoms with Gasteiger partial charge in [-0.15, -0.1) is 0 Å². The van der Waals surface area contributed by atoms with Gasteiger partial charge in [-0.25, -0.2) is 0 Å². The number of methoxy groups -OCH3 is 2. The molecule has 38 heavy (non-hydrogen) atoms. The van der Waals surface area contributed by atoms with Crippen molar-refractivity contribution < 1.29 is 38.7 Å². The predicted molar refractivity (Wildman–Crippen MR) is 141 cm³/mol. The SMILES string of the molecule is CCOc1cccc(N2C(=O)C(=O)/C(=C(/O)c3ccc(OC)cc3OC)C2c2ccc(O)c(OCC)c2)c1. The van der Waals surface area contributed by atoms with Gasteiger partial charge in [0.25, 0.3) is 11.7 Å². The minimum Gasteiger partial charge on any atom is -0.507 e. The highest BCUT2D eigenvalue weighted by Gasteiger charge is 2.47. The maximum atomic E-state index is 13.5. The van der Waals surface area contributed by atoms with Crippen molar-refractivity contribution in [2.75, 3.05) is 32.3 Å². The number of carbonyl (C=O) groups excluding carboxylic acids is 2. The molecule has 3 aromatic carbocycles. The van der Waals surface area contributed by atoms with Crippen LogP contribution in [0.5, 0.6) is 28.7 Å². The fraction of sp³-hybridized carbons (Fsp3) is 0.241. The molecule has 4 rings (SSSR count). The van der Waals surface area contributed by atoms with Crippen LogP contribution >= 0.6 is 0 Å². The number of aliphatic hydroxyl groups is 1. The molecule has 9 nitrogen and oxygen atoms in total. The van der Waals surface area contributed by atoms with Crippen LogP contribution in [-0.2, 0) is 9.59 Å². The number of hydrogen-bond donors (Lipinski definition) is 2. The van der Waals surface area contributed by atoms with E-state index in [0.717, 1.165) is 0 Å². The highest BCUT2D eigenvalue weighted by atomic mass is 16.5. The molecule has 2 N–H and O–H groups in total. The van der Waals surface area contributed by atoms with Gasteiger partial charge in [0.2, 0.25) is 0 Å². The number of ether oxygens (including phenoxy) is 4. The molecule has 1 aliphatic rings. The zero-order valence-corrected chi connectivity index (χ0v) is 21.6. The number of aliphatic hydroxyl groups excluding tert-OH is 1. The third kappa shape index (κ3) is 4.82. The Morgan fingerprint density at radius 3 is 2.32 bits per heavy atom. The van der Waals surface area contributed by atoms with Crippen LogP contribution in [0.15, 0.2) is 66.2 Å². The van der Waals surface area contributed by atoms with E-state index in [2.05, 4.69) is 0 Å². The summed E-state index contributed by atoms with van der Waals surface area (Å²) in [4.78, 5) is 28.3. The summed E-state index contributed by atoms with van der Waals surface area (Å²) in [6, 6.07) is 15.0. The molecule has 1 fully saturated rings. The standard InChI is InChI=1S/C29H29NO8/c1-5-37-20-9-7-8-18(15-20)30-26(17-10-13-22(31)24(14-17)38-6-2)25(28(33)29(30)34)27(32)21-12-11-19(35-3)16-23(21)36-4/h7-16,26,31-32H,5-6H2,1-4H3/b27-25+. The van der Waals surface area contributed by atoms with E-state index in [0.29, 0.717) is 29.4 Å². The lowest BCUT2D eigenvalue weighted by Gasteiger charge is -2.26. The Bertz CT molecular complexity index is 1400. The molecular weight excluding hydrogens is 490 g/mol. The minimum atomic E-state index is -1.04. The first-order valence-corrected chi connectivity index (χ1v) is 12.1. The topological polar surface area (TPSA) is 115 Å². The lowest BCUT2D eigenvalue weighted by atomic mass is 9.94. The van der Waals surface area contributed by atoms with Crippen LogP contribution in [0.4, 0.5) is 5.69 Å². The van der Waals surface area contributed by atoms with E-state index in [1.807, 2.05) is 6.92 Å². The number of phenols is 1. The Balaban J connectivity index is 1.97. The van der Waals surface area contributed by atoms with Crippen molar-refractivity contribution in [1.29, 1.82) is 0 Å². The van der Waals surface area contributed by atoms with E-state index in [1.165, 1.54) is 25.2 Å². The Kier molecular flexibility index (Phi) is 7.76. The fourth-order valence-corrected chi connectivity index (χ4v) is 4.42. The molecule has 9 heteroatoms. The van der Waals surface area contributed by atoms with Crippen LogP contribution in [0.2, 0.25) is 0 Å². The number of rotatable bonds is 9. The van der Waals surface area contributed by atoms with Crippen molar-refractivity contribution in [3.05, 3.63) is 77.4 Å². The van der Waals surface area contributed by atoms with Gasteiger partial charge in [-0.1, -0.05) is 12.1 Å². The molecule has 0 saturated carbocycles. The summed E-state index contributed by atoms with van der Waals surface area (Å²) in [6.07, 6.45) is 0. The molecule has 1 atom stereocenters. The minimum absolute atomic E-state index is 0.0947. The van der Waals surface area contributed by atoms with E-state index < -0.39 is 23.5 Å². The van der Waals surface area contributed by atoms with Gasteiger partial charge in [-0.05, 0) is 55.8 Å². The first-order chi connectivity index (χ1) is 18.3. The van der Waals surface area contributed by atoms with Crippen LogP contribution in [0, 0.1) is 0 Å². The number of Topliss-reactive ketones (excluding diaryl/α,β-unsaturated/α-hetero) is 1. The van der Waals surface area contributed by atoms with Crippen molar-refractivity contribution in [1.82, 2.24) is 0 Å². The van der Waals surface area contributed by atoms with Crippen molar-refractivity contribution in [3.63, 3.8) is 0 Å². The van der Waals surface area contributed by atoms with Gasteiger partial charge in [-0.2, -0.15) is 0 Å². The van der Waals surface area contributed by atoms with Crippen LogP contribution in [0.1, 0.15) is 31.0 Å². The number of amides is 1. The number of anilines is 1. The van der Waals surface area contributed by atoms with Crippen LogP contribution in [0.3, 0.4) is 0 Å². The summed E-state index contributed by atoms with van der Waals surface area (Å²) >= 11 is 0. The third-order valence-corrected chi connectivity index (χ3v) is 6.11. The van der Waals surface area contributed by atoms with Gasteiger partial charge in [0.15, 0.2) is 11.5 Å². The Hall–Kier alpha value is -4.66. The second kappa shape index (κ2) is 11.2. The molecule has 0 aromatic heterocycles. The maximum absolute atomic E-state index is 13.5. The van der Waals surface area contributed by atoms with Gasteiger partial charge in [-0.3, -0.25) is 14.5 Å². The molecule has 198 valence electrons. The Labute approximate surface area is 220 Å². The average Bonchev–Trinajstić information content (AvgIpc) is 3.19. The van der Waals surface area contributed by atoms with Gasteiger partial charge in [0, 0.05) is 17.8 Å². The Morgan fingerprint density at radius 1 is 0.868 bits per heavy atom. The normalized spacial score (nSPS) is 16.4. The highest BCUT2D eigenvalue weighted by molar-refractivity contribution is 6.51. The molecule has 1 saturated heterocycles. The summed E-state index contributed by atoms with van der Waals surface area (Å²) in [5.74, 6) is -0.773. The largest absolute Gasteiger partial charge is 0.507 e. The summed E-state index contributed by atoms with van der Waals surface area (Å²) in [6.45, 7) is 4.31. The molecule has 0 bridgehead atoms. The summed E-state index contributed by atoms with van der Waals surface area (Å²) in [5, 5.41) is 21.8. The Morgan fingerprint density at radius 2 is 1.63 bits per heavy atom. The third-order valence-electron chi connectivity index (χ3n) is 6.11. The van der Waals surface area contributed by atoms with Crippen LogP contribution in [0.25, 0.3) is 5.76 Å². The van der Waals surface area contributed by atoms with Gasteiger partial charge in [0.05, 0.1) is 44.6 Å². The lowest BCUT2D eigenvalue weighted by molar-refractivity contribution is -0.132. The number of ketones is 1. The molecule has 1 aliphatic heterocycles. The number of nitrogens with zero attached hydrogens (tertiary/aromatic N) is 1. The fourth-order valence-electron chi connectivity index (χ4n) is 4.42. The highest BCUT2D eigenvalue weighted by Crippen LogP contribution is 2.45. The molecule has 1 unspecified atom stereocenters. The quantitative estimate of drug-likeness (QED) is 0.235. The van der Waals surface area contributed by atoms with Crippen molar-refractivity contribution >= 4 is 23.1 Å². The molecule has 0 radical (unpaired) electrons. The predicted octanol–water partition coefficient (Wildman–Crippen LogP) is 4.83. The molecule has 0 aliphatic carbocycles. The molecule has 1 heterocycles. The monoisotopic (exact) mass is 519 g/mol. The second-order valence-corrected chi connectivity index (χ2v) is 8.33. The number of phenolic OH excluding ortho intramolecular Hbond substituents is 1. The lowest BCUT2D eigenvalue weighted by Crippen LogP contribution is -2.29. The zero-order chi connectivity index (χ0) is 27.4. The first-order valence-electron chi connectivity index (χ1n) is 12.1. The maximum Gasteiger partial charge on any atom is 0.300 e. The molecule has 1 amide bonds. The van der Waals surface area contributed by atoms with Gasteiger partial charge >= 0.3 is 0 Å². The van der Waals surface area contributed by atoms with Crippen LogP contribution in [-0.4, -0.2) is 49.3 Å². The van der Waals surface area contributed by atoms with Crippen LogP contribution < -0.4 is 23.8 Å². The second-order valence-electron chi connectivity index (χ2n) is 8.33. The molecule has 0 spiro atoms. The summed E-state index contributed by atoms with van der Waals surface area (Å²) in [7, 11) is 2.92. The van der Waals surface area contributed by atoms with E-state index >= 15 is 0 Å². The molecule has 3 aromatic rings. The van der Waals surface area contributed by atoms with Crippen molar-refractivity contribution in [2.45, 2.75) is 19.9 Å². The summed E-state index contributed by atoms with van der Waals surface area (Å²) < 4.78 is 21.8. The van der Waals surface area contributed by atoms with Gasteiger partial charge < -0.3 is 29.2 Å². The average molecular weight is 520 g/mol.